The minimum Gasteiger partial charge on any atom is -0.358 e. The Morgan fingerprint density at radius 2 is 1.67 bits per heavy atom. The maximum atomic E-state index is 13.7. The van der Waals surface area contributed by atoms with E-state index in [9.17, 15) is 14.4 Å². The molecular weight excluding hydrogens is 597 g/mol. The van der Waals surface area contributed by atoms with Gasteiger partial charge in [0.05, 0.1) is 12.1 Å². The third-order valence-corrected chi connectivity index (χ3v) is 8.91. The minimum absolute atomic E-state index is 0. The zero-order valence-electron chi connectivity index (χ0n) is 23.9. The zero-order chi connectivity index (χ0) is 28.1. The summed E-state index contributed by atoms with van der Waals surface area (Å²) in [5.41, 5.74) is 3.25. The molecule has 1 saturated heterocycles. The number of hydrogen-bond donors (Lipinski definition) is 4. The topological polar surface area (TPSA) is 103 Å². The van der Waals surface area contributed by atoms with Gasteiger partial charge in [0.15, 0.2) is 0 Å². The lowest BCUT2D eigenvalue weighted by Crippen LogP contribution is -2.56. The second-order valence-electron chi connectivity index (χ2n) is 11.4. The molecule has 3 amide bonds. The van der Waals surface area contributed by atoms with Crippen molar-refractivity contribution in [2.75, 3.05) is 13.6 Å². The number of carbonyl (C=O) groups excluding carboxylic acids is 3. The van der Waals surface area contributed by atoms with Gasteiger partial charge in [0.1, 0.15) is 6.04 Å². The standard InChI is InChI=1S/C31H40ClN5O3.2ClH/c1-33-31(40)28-17-24(19-37(28)25-9-3-2-4-10-25)35-30(39)27(15-20-11-13-23(32)14-12-20)36-29(38)26-16-21-7-5-6-8-22(21)18-34-26;;/h5-8,11-14,24-28,34H,2-4,9-10,15-19H2,1H3,(H,33,40)(H,35,39)(H,36,38);2*1H/t24-,26+,27+,28-;;/m0../s1. The molecule has 4 atom stereocenters. The SMILES string of the molecule is CNC(=O)[C@@H]1C[C@H](NC(=O)[C@@H](Cc2ccc(Cl)cc2)NC(=O)[C@H]2Cc3ccccc3CN2)CN1C1CCCCC1.Cl.Cl. The normalized spacial score (nSPS) is 23.0. The molecule has 230 valence electrons. The molecule has 2 aromatic carbocycles. The molecule has 0 radical (unpaired) electrons. The average molecular weight is 639 g/mol. The minimum atomic E-state index is -0.755. The van der Waals surface area contributed by atoms with Gasteiger partial charge in [-0.05, 0) is 54.5 Å². The highest BCUT2D eigenvalue weighted by Crippen LogP contribution is 2.29. The Hall–Kier alpha value is -2.36. The maximum Gasteiger partial charge on any atom is 0.243 e. The van der Waals surface area contributed by atoms with Crippen LogP contribution in [0.3, 0.4) is 0 Å². The van der Waals surface area contributed by atoms with Crippen molar-refractivity contribution in [2.45, 2.75) is 88.1 Å². The number of rotatable bonds is 8. The van der Waals surface area contributed by atoms with E-state index in [0.29, 0.717) is 43.4 Å². The van der Waals surface area contributed by atoms with Crippen molar-refractivity contribution in [3.63, 3.8) is 0 Å². The highest BCUT2D eigenvalue weighted by molar-refractivity contribution is 6.30. The predicted molar refractivity (Wildman–Crippen MR) is 170 cm³/mol. The summed E-state index contributed by atoms with van der Waals surface area (Å²) in [4.78, 5) is 42.2. The van der Waals surface area contributed by atoms with Gasteiger partial charge in [0.25, 0.3) is 0 Å². The number of likely N-dealkylation sites (tertiary alicyclic amines) is 1. The molecule has 11 heteroatoms. The van der Waals surface area contributed by atoms with Crippen LogP contribution in [0.5, 0.6) is 0 Å². The van der Waals surface area contributed by atoms with Crippen LogP contribution in [0.4, 0.5) is 0 Å². The van der Waals surface area contributed by atoms with Crippen LogP contribution in [-0.2, 0) is 33.8 Å². The number of nitrogens with one attached hydrogen (secondary N) is 4. The quantitative estimate of drug-likeness (QED) is 0.354. The largest absolute Gasteiger partial charge is 0.358 e. The van der Waals surface area contributed by atoms with Gasteiger partial charge in [-0.1, -0.05) is 67.3 Å². The van der Waals surface area contributed by atoms with Crippen LogP contribution in [-0.4, -0.2) is 66.4 Å². The molecule has 8 nitrogen and oxygen atoms in total. The summed E-state index contributed by atoms with van der Waals surface area (Å²) in [5, 5.41) is 13.0. The van der Waals surface area contributed by atoms with Gasteiger partial charge in [-0.15, -0.1) is 24.8 Å². The summed E-state index contributed by atoms with van der Waals surface area (Å²) >= 11 is 6.09. The summed E-state index contributed by atoms with van der Waals surface area (Å²) in [7, 11) is 1.67. The number of fused-ring (bicyclic) bond motifs is 1. The number of carbonyl (C=O) groups is 3. The van der Waals surface area contributed by atoms with Crippen LogP contribution in [0.25, 0.3) is 0 Å². The third-order valence-electron chi connectivity index (χ3n) is 8.66. The van der Waals surface area contributed by atoms with Gasteiger partial charge in [-0.25, -0.2) is 0 Å². The fourth-order valence-corrected chi connectivity index (χ4v) is 6.61. The first kappa shape index (κ1) is 34.1. The molecule has 2 aliphatic heterocycles. The van der Waals surface area contributed by atoms with E-state index < -0.39 is 12.1 Å². The second-order valence-corrected chi connectivity index (χ2v) is 11.8. The number of halogens is 3. The van der Waals surface area contributed by atoms with E-state index in [2.05, 4.69) is 38.3 Å². The van der Waals surface area contributed by atoms with E-state index in [0.717, 1.165) is 24.0 Å². The van der Waals surface area contributed by atoms with Gasteiger partial charge < -0.3 is 21.3 Å². The lowest BCUT2D eigenvalue weighted by molar-refractivity contribution is -0.130. The number of benzene rings is 2. The van der Waals surface area contributed by atoms with E-state index in [-0.39, 0.29) is 54.6 Å². The first-order chi connectivity index (χ1) is 19.4. The van der Waals surface area contributed by atoms with Gasteiger partial charge in [0.2, 0.25) is 17.7 Å². The maximum absolute atomic E-state index is 13.7. The fourth-order valence-electron chi connectivity index (χ4n) is 6.49. The molecule has 3 aliphatic rings. The molecule has 2 fully saturated rings. The van der Waals surface area contributed by atoms with Crippen molar-refractivity contribution in [1.29, 1.82) is 0 Å². The van der Waals surface area contributed by atoms with Crippen LogP contribution in [0.2, 0.25) is 5.02 Å². The first-order valence-corrected chi connectivity index (χ1v) is 14.9. The van der Waals surface area contributed by atoms with Crippen molar-refractivity contribution in [1.82, 2.24) is 26.2 Å². The van der Waals surface area contributed by atoms with Crippen molar-refractivity contribution >= 4 is 54.1 Å². The monoisotopic (exact) mass is 637 g/mol. The molecule has 42 heavy (non-hydrogen) atoms. The molecule has 0 unspecified atom stereocenters. The molecule has 4 N–H and O–H groups in total. The first-order valence-electron chi connectivity index (χ1n) is 14.5. The van der Waals surface area contributed by atoms with E-state index >= 15 is 0 Å². The van der Waals surface area contributed by atoms with Crippen molar-refractivity contribution in [3.8, 4) is 0 Å². The van der Waals surface area contributed by atoms with Crippen LogP contribution < -0.4 is 21.3 Å². The number of likely N-dealkylation sites (N-methyl/N-ethyl adjacent to an activating group) is 1. The molecule has 2 aromatic rings. The molecule has 1 saturated carbocycles. The number of amides is 3. The van der Waals surface area contributed by atoms with Gasteiger partial charge >= 0.3 is 0 Å². The van der Waals surface area contributed by atoms with Crippen molar-refractivity contribution in [2.24, 2.45) is 0 Å². The average Bonchev–Trinajstić information content (AvgIpc) is 3.41. The van der Waals surface area contributed by atoms with Crippen LogP contribution in [0.15, 0.2) is 48.5 Å². The molecule has 5 rings (SSSR count). The van der Waals surface area contributed by atoms with Gasteiger partial charge in [-0.3, -0.25) is 19.3 Å². The van der Waals surface area contributed by atoms with E-state index in [1.54, 1.807) is 19.2 Å². The summed E-state index contributed by atoms with van der Waals surface area (Å²) in [6.07, 6.45) is 7.23. The summed E-state index contributed by atoms with van der Waals surface area (Å²) < 4.78 is 0. The Morgan fingerprint density at radius 3 is 2.36 bits per heavy atom. The predicted octanol–water partition coefficient (Wildman–Crippen LogP) is 3.56. The second kappa shape index (κ2) is 15.9. The van der Waals surface area contributed by atoms with Crippen molar-refractivity contribution in [3.05, 3.63) is 70.2 Å². The van der Waals surface area contributed by atoms with Crippen LogP contribution in [0, 0.1) is 0 Å². The highest BCUT2D eigenvalue weighted by Gasteiger charge is 2.41. The zero-order valence-corrected chi connectivity index (χ0v) is 26.3. The third kappa shape index (κ3) is 8.38. The Bertz CT molecular complexity index is 1210. The lowest BCUT2D eigenvalue weighted by Gasteiger charge is -2.34. The Balaban J connectivity index is 0.00000242. The molecule has 0 spiro atoms. The summed E-state index contributed by atoms with van der Waals surface area (Å²) in [6, 6.07) is 14.2. The van der Waals surface area contributed by atoms with E-state index in [1.165, 1.54) is 24.8 Å². The Kier molecular flexibility index (Phi) is 12.9. The molecule has 0 aromatic heterocycles. The van der Waals surface area contributed by atoms with Crippen LogP contribution >= 0.6 is 36.4 Å². The molecular formula is C31H42Cl3N5O3. The lowest BCUT2D eigenvalue weighted by atomic mass is 9.93. The Labute approximate surface area is 265 Å². The highest BCUT2D eigenvalue weighted by atomic mass is 35.5. The number of nitrogens with zero attached hydrogens (tertiary/aromatic N) is 1. The van der Waals surface area contributed by atoms with Crippen molar-refractivity contribution < 1.29 is 14.4 Å². The Morgan fingerprint density at radius 1 is 0.976 bits per heavy atom. The summed E-state index contributed by atoms with van der Waals surface area (Å²) in [5.74, 6) is -0.426. The van der Waals surface area contributed by atoms with E-state index in [1.807, 2.05) is 24.3 Å². The smallest absolute Gasteiger partial charge is 0.243 e. The molecule has 1 aliphatic carbocycles. The van der Waals surface area contributed by atoms with Crippen LogP contribution in [0.1, 0.15) is 55.2 Å². The fraction of sp³-hybridized carbons (Fsp3) is 0.516. The van der Waals surface area contributed by atoms with Gasteiger partial charge in [-0.2, -0.15) is 0 Å². The summed E-state index contributed by atoms with van der Waals surface area (Å²) in [6.45, 7) is 1.25. The van der Waals surface area contributed by atoms with E-state index in [4.69, 9.17) is 11.6 Å². The van der Waals surface area contributed by atoms with Gasteiger partial charge in [0, 0.05) is 43.7 Å². The molecule has 0 bridgehead atoms. The number of hydrogen-bond acceptors (Lipinski definition) is 5. The molecule has 2 heterocycles.